The summed E-state index contributed by atoms with van der Waals surface area (Å²) in [6.07, 6.45) is 4.25. The number of piperidine rings is 1. The van der Waals surface area contributed by atoms with E-state index in [2.05, 4.69) is 0 Å². The largest absolute Gasteiger partial charge is 0.332 e. The summed E-state index contributed by atoms with van der Waals surface area (Å²) in [5.41, 5.74) is 0. The van der Waals surface area contributed by atoms with Gasteiger partial charge in [0.05, 0.1) is 14.5 Å². The van der Waals surface area contributed by atoms with Gasteiger partial charge in [0.25, 0.3) is 5.91 Å². The standard InChI is InChI=1S/C13H16ClNO3S2/c1-20(17,18)10-6-8-2-3-9(7-10)15(8)13(16)11-4-5-12(14)19-11/h4-5,8-10H,2-3,6-7H2,1H3. The maximum Gasteiger partial charge on any atom is 0.264 e. The molecule has 0 aromatic carbocycles. The minimum Gasteiger partial charge on any atom is -0.332 e. The van der Waals surface area contributed by atoms with E-state index in [1.165, 1.54) is 17.6 Å². The lowest BCUT2D eigenvalue weighted by molar-refractivity contribution is 0.0603. The van der Waals surface area contributed by atoms with Crippen LogP contribution in [-0.4, -0.2) is 42.8 Å². The molecule has 20 heavy (non-hydrogen) atoms. The van der Waals surface area contributed by atoms with Crippen molar-refractivity contribution in [3.05, 3.63) is 21.3 Å². The van der Waals surface area contributed by atoms with Gasteiger partial charge in [-0.1, -0.05) is 11.6 Å². The second kappa shape index (κ2) is 5.00. The first kappa shape index (κ1) is 14.4. The summed E-state index contributed by atoms with van der Waals surface area (Å²) < 4.78 is 24.1. The van der Waals surface area contributed by atoms with Crippen LogP contribution in [0.25, 0.3) is 0 Å². The average Bonchev–Trinajstić information content (AvgIpc) is 2.89. The molecule has 0 saturated carbocycles. The minimum absolute atomic E-state index is 0.00125. The predicted molar refractivity (Wildman–Crippen MR) is 80.2 cm³/mol. The van der Waals surface area contributed by atoms with Crippen LogP contribution in [0.4, 0.5) is 0 Å². The molecule has 2 aliphatic rings. The SMILES string of the molecule is CS(=O)(=O)C1CC2CCC(C1)N2C(=O)c1ccc(Cl)s1. The first-order valence-electron chi connectivity index (χ1n) is 6.63. The molecule has 1 amide bonds. The molecular weight excluding hydrogens is 318 g/mol. The van der Waals surface area contributed by atoms with Crippen LogP contribution in [0.3, 0.4) is 0 Å². The van der Waals surface area contributed by atoms with Crippen LogP contribution in [0.2, 0.25) is 4.34 Å². The fraction of sp³-hybridized carbons (Fsp3) is 0.615. The van der Waals surface area contributed by atoms with Gasteiger partial charge in [0.15, 0.2) is 0 Å². The lowest BCUT2D eigenvalue weighted by Gasteiger charge is -2.38. The molecule has 1 aromatic heterocycles. The molecule has 0 spiro atoms. The second-order valence-corrected chi connectivity index (χ2v) is 9.66. The zero-order chi connectivity index (χ0) is 14.5. The lowest BCUT2D eigenvalue weighted by Crippen LogP contribution is -2.49. The van der Waals surface area contributed by atoms with E-state index < -0.39 is 9.84 Å². The molecule has 3 heterocycles. The van der Waals surface area contributed by atoms with E-state index in [4.69, 9.17) is 11.6 Å². The number of rotatable bonds is 2. The molecule has 0 radical (unpaired) electrons. The molecule has 2 aliphatic heterocycles. The first-order chi connectivity index (χ1) is 9.36. The molecule has 110 valence electrons. The van der Waals surface area contributed by atoms with Gasteiger partial charge in [0, 0.05) is 18.3 Å². The van der Waals surface area contributed by atoms with Gasteiger partial charge in [-0.2, -0.15) is 0 Å². The van der Waals surface area contributed by atoms with Crippen molar-refractivity contribution < 1.29 is 13.2 Å². The number of fused-ring (bicyclic) bond motifs is 2. The molecule has 2 atom stereocenters. The van der Waals surface area contributed by atoms with Gasteiger partial charge in [-0.05, 0) is 37.8 Å². The lowest BCUT2D eigenvalue weighted by atomic mass is 10.0. The van der Waals surface area contributed by atoms with Crippen LogP contribution >= 0.6 is 22.9 Å². The molecule has 2 saturated heterocycles. The Morgan fingerprint density at radius 3 is 2.35 bits per heavy atom. The van der Waals surface area contributed by atoms with Crippen molar-refractivity contribution in [1.82, 2.24) is 4.90 Å². The average molecular weight is 334 g/mol. The number of carbonyl (C=O) groups excluding carboxylic acids is 1. The zero-order valence-electron chi connectivity index (χ0n) is 11.1. The van der Waals surface area contributed by atoms with Crippen LogP contribution in [0.5, 0.6) is 0 Å². The van der Waals surface area contributed by atoms with Gasteiger partial charge in [0.2, 0.25) is 0 Å². The number of carbonyl (C=O) groups is 1. The maximum absolute atomic E-state index is 12.6. The molecular formula is C13H16ClNO3S2. The quantitative estimate of drug-likeness (QED) is 0.836. The molecule has 4 nitrogen and oxygen atoms in total. The second-order valence-electron chi connectivity index (χ2n) is 5.62. The van der Waals surface area contributed by atoms with E-state index in [0.717, 1.165) is 12.8 Å². The van der Waals surface area contributed by atoms with Gasteiger partial charge < -0.3 is 4.90 Å². The minimum atomic E-state index is -3.02. The number of halogens is 1. The first-order valence-corrected chi connectivity index (χ1v) is 9.78. The highest BCUT2D eigenvalue weighted by Gasteiger charge is 2.46. The highest BCUT2D eigenvalue weighted by Crippen LogP contribution is 2.39. The van der Waals surface area contributed by atoms with Gasteiger partial charge in [-0.25, -0.2) is 8.42 Å². The molecule has 0 N–H and O–H groups in total. The third kappa shape index (κ3) is 2.49. The van der Waals surface area contributed by atoms with Crippen molar-refractivity contribution in [2.75, 3.05) is 6.26 Å². The summed E-state index contributed by atoms with van der Waals surface area (Å²) in [6, 6.07) is 3.59. The molecule has 3 rings (SSSR count). The van der Waals surface area contributed by atoms with Gasteiger partial charge in [0.1, 0.15) is 9.84 Å². The Hall–Kier alpha value is -0.590. The van der Waals surface area contributed by atoms with E-state index >= 15 is 0 Å². The zero-order valence-corrected chi connectivity index (χ0v) is 13.5. The van der Waals surface area contributed by atoms with Crippen LogP contribution < -0.4 is 0 Å². The molecule has 0 aliphatic carbocycles. The monoisotopic (exact) mass is 333 g/mol. The summed E-state index contributed by atoms with van der Waals surface area (Å²) in [5.74, 6) is 0.00125. The van der Waals surface area contributed by atoms with Gasteiger partial charge in [-0.3, -0.25) is 4.79 Å². The van der Waals surface area contributed by atoms with Crippen molar-refractivity contribution >= 4 is 38.7 Å². The van der Waals surface area contributed by atoms with E-state index in [-0.39, 0.29) is 23.2 Å². The predicted octanol–water partition coefficient (Wildman–Crippen LogP) is 2.58. The number of amides is 1. The molecule has 1 aromatic rings. The topological polar surface area (TPSA) is 54.5 Å². The third-order valence-electron chi connectivity index (χ3n) is 4.31. The third-order valence-corrected chi connectivity index (χ3v) is 7.13. The van der Waals surface area contributed by atoms with Crippen molar-refractivity contribution in [3.8, 4) is 0 Å². The van der Waals surface area contributed by atoms with E-state index in [9.17, 15) is 13.2 Å². The Labute approximate surface area is 127 Å². The van der Waals surface area contributed by atoms with E-state index in [0.29, 0.717) is 22.1 Å². The fourth-order valence-electron chi connectivity index (χ4n) is 3.36. The van der Waals surface area contributed by atoms with Crippen LogP contribution in [-0.2, 0) is 9.84 Å². The Bertz CT molecular complexity index is 626. The number of nitrogens with zero attached hydrogens (tertiary/aromatic N) is 1. The molecule has 2 fully saturated rings. The maximum atomic E-state index is 12.6. The smallest absolute Gasteiger partial charge is 0.264 e. The van der Waals surface area contributed by atoms with Crippen molar-refractivity contribution in [2.45, 2.75) is 43.0 Å². The van der Waals surface area contributed by atoms with Crippen molar-refractivity contribution in [3.63, 3.8) is 0 Å². The number of sulfone groups is 1. The van der Waals surface area contributed by atoms with Gasteiger partial charge in [-0.15, -0.1) is 11.3 Å². The van der Waals surface area contributed by atoms with Crippen LogP contribution in [0, 0.1) is 0 Å². The van der Waals surface area contributed by atoms with Crippen LogP contribution in [0.1, 0.15) is 35.4 Å². The highest BCUT2D eigenvalue weighted by atomic mass is 35.5. The summed E-state index contributed by atoms with van der Waals surface area (Å²) in [7, 11) is -3.02. The summed E-state index contributed by atoms with van der Waals surface area (Å²) in [5, 5.41) is -0.295. The molecule has 2 bridgehead atoms. The summed E-state index contributed by atoms with van der Waals surface area (Å²) in [6.45, 7) is 0. The van der Waals surface area contributed by atoms with Crippen LogP contribution in [0.15, 0.2) is 12.1 Å². The normalized spacial score (nSPS) is 29.7. The Kier molecular flexibility index (Phi) is 3.59. The van der Waals surface area contributed by atoms with Crippen molar-refractivity contribution in [1.29, 1.82) is 0 Å². The Balaban J connectivity index is 1.82. The van der Waals surface area contributed by atoms with Gasteiger partial charge >= 0.3 is 0 Å². The highest BCUT2D eigenvalue weighted by molar-refractivity contribution is 7.91. The van der Waals surface area contributed by atoms with E-state index in [1.807, 2.05) is 4.90 Å². The number of hydrogen-bond donors (Lipinski definition) is 0. The summed E-state index contributed by atoms with van der Waals surface area (Å²) >= 11 is 7.17. The molecule has 2 unspecified atom stereocenters. The fourth-order valence-corrected chi connectivity index (χ4v) is 5.50. The number of thiophene rings is 1. The van der Waals surface area contributed by atoms with Crippen molar-refractivity contribution in [2.24, 2.45) is 0 Å². The number of hydrogen-bond acceptors (Lipinski definition) is 4. The molecule has 7 heteroatoms. The van der Waals surface area contributed by atoms with E-state index in [1.54, 1.807) is 12.1 Å². The Morgan fingerprint density at radius 1 is 1.30 bits per heavy atom. The Morgan fingerprint density at radius 2 is 1.90 bits per heavy atom. The summed E-state index contributed by atoms with van der Waals surface area (Å²) in [4.78, 5) is 15.1.